The Labute approximate surface area is 115 Å². The van der Waals surface area contributed by atoms with Crippen LogP contribution < -0.4 is 0 Å². The minimum absolute atomic E-state index is 0.202. The maximum Gasteiger partial charge on any atom is 0.243 e. The first-order valence-corrected chi connectivity index (χ1v) is 7.86. The largest absolute Gasteiger partial charge is 0.243 e. The van der Waals surface area contributed by atoms with Crippen LogP contribution in [0.2, 0.25) is 0 Å². The van der Waals surface area contributed by atoms with E-state index in [1.54, 1.807) is 28.6 Å². The number of nitrogens with zero attached hydrogens (tertiary/aromatic N) is 1. The van der Waals surface area contributed by atoms with Crippen LogP contribution in [-0.4, -0.2) is 25.8 Å². The fourth-order valence-electron chi connectivity index (χ4n) is 2.37. The van der Waals surface area contributed by atoms with Crippen LogP contribution in [0.25, 0.3) is 0 Å². The van der Waals surface area contributed by atoms with Crippen molar-refractivity contribution in [3.8, 4) is 0 Å². The van der Waals surface area contributed by atoms with E-state index in [1.807, 2.05) is 32.1 Å². The van der Waals surface area contributed by atoms with E-state index in [0.717, 1.165) is 5.57 Å². The lowest BCUT2D eigenvalue weighted by molar-refractivity contribution is 0.471. The van der Waals surface area contributed by atoms with Crippen LogP contribution >= 0.6 is 0 Å². The maximum atomic E-state index is 12.5. The summed E-state index contributed by atoms with van der Waals surface area (Å²) >= 11 is 0. The van der Waals surface area contributed by atoms with Crippen molar-refractivity contribution < 1.29 is 8.42 Å². The van der Waals surface area contributed by atoms with E-state index >= 15 is 0 Å². The zero-order valence-electron chi connectivity index (χ0n) is 11.3. The van der Waals surface area contributed by atoms with Crippen molar-refractivity contribution in [2.75, 3.05) is 13.1 Å². The van der Waals surface area contributed by atoms with Gasteiger partial charge in [0.05, 0.1) is 4.90 Å². The topological polar surface area (TPSA) is 37.4 Å². The molecule has 0 aromatic heterocycles. The van der Waals surface area contributed by atoms with Gasteiger partial charge < -0.3 is 0 Å². The average Bonchev–Trinajstić information content (AvgIpc) is 2.84. The van der Waals surface area contributed by atoms with Gasteiger partial charge in [0.2, 0.25) is 10.0 Å². The predicted octanol–water partition coefficient (Wildman–Crippen LogP) is 2.83. The lowest BCUT2D eigenvalue weighted by atomic mass is 10.0. The van der Waals surface area contributed by atoms with Gasteiger partial charge in [-0.25, -0.2) is 8.42 Å². The molecule has 1 atom stereocenters. The minimum atomic E-state index is -3.37. The quantitative estimate of drug-likeness (QED) is 0.797. The number of sulfonamides is 1. The molecule has 0 N–H and O–H groups in total. The van der Waals surface area contributed by atoms with Gasteiger partial charge in [-0.2, -0.15) is 4.31 Å². The Kier molecular flexibility index (Phi) is 4.22. The third-order valence-corrected chi connectivity index (χ3v) is 5.24. The molecule has 19 heavy (non-hydrogen) atoms. The second-order valence-electron chi connectivity index (χ2n) is 4.61. The maximum absolute atomic E-state index is 12.5. The molecule has 0 saturated carbocycles. The molecule has 0 aliphatic carbocycles. The molecule has 1 aromatic rings. The Hall–Kier alpha value is -1.39. The van der Waals surface area contributed by atoms with E-state index < -0.39 is 10.0 Å². The first-order chi connectivity index (χ1) is 9.09. The molecule has 102 valence electrons. The second-order valence-corrected chi connectivity index (χ2v) is 6.54. The number of benzene rings is 1. The Bertz CT molecular complexity index is 588. The summed E-state index contributed by atoms with van der Waals surface area (Å²) in [5.41, 5.74) is 1.16. The molecule has 1 aromatic carbocycles. The molecule has 1 saturated heterocycles. The summed E-state index contributed by atoms with van der Waals surface area (Å²) in [6, 6.07) is 8.62. The van der Waals surface area contributed by atoms with E-state index in [4.69, 9.17) is 0 Å². The first-order valence-electron chi connectivity index (χ1n) is 6.42. The third-order valence-electron chi connectivity index (χ3n) is 3.41. The highest BCUT2D eigenvalue weighted by molar-refractivity contribution is 7.89. The van der Waals surface area contributed by atoms with Gasteiger partial charge in [0, 0.05) is 19.0 Å². The van der Waals surface area contributed by atoms with Crippen LogP contribution in [0.5, 0.6) is 0 Å². The van der Waals surface area contributed by atoms with Crippen LogP contribution in [-0.2, 0) is 10.0 Å². The molecule has 3 nitrogen and oxygen atoms in total. The average molecular weight is 277 g/mol. The molecule has 0 spiro atoms. The van der Waals surface area contributed by atoms with Crippen molar-refractivity contribution in [1.82, 2.24) is 4.31 Å². The van der Waals surface area contributed by atoms with Crippen molar-refractivity contribution in [1.29, 1.82) is 0 Å². The van der Waals surface area contributed by atoms with Gasteiger partial charge in [0.1, 0.15) is 0 Å². The fourth-order valence-corrected chi connectivity index (χ4v) is 3.84. The lowest BCUT2D eigenvalue weighted by Crippen LogP contribution is -2.28. The predicted molar refractivity (Wildman–Crippen MR) is 77.3 cm³/mol. The number of allylic oxidation sites excluding steroid dienone is 2. The van der Waals surface area contributed by atoms with E-state index in [1.165, 1.54) is 0 Å². The smallest absolute Gasteiger partial charge is 0.207 e. The highest BCUT2D eigenvalue weighted by Crippen LogP contribution is 2.28. The Morgan fingerprint density at radius 1 is 1.21 bits per heavy atom. The molecule has 1 aliphatic heterocycles. The van der Waals surface area contributed by atoms with Gasteiger partial charge in [-0.1, -0.05) is 42.0 Å². The number of rotatable bonds is 3. The van der Waals surface area contributed by atoms with Gasteiger partial charge >= 0.3 is 0 Å². The third kappa shape index (κ3) is 2.80. The number of hydrogen-bond acceptors (Lipinski definition) is 2. The van der Waals surface area contributed by atoms with E-state index in [0.29, 0.717) is 18.0 Å². The van der Waals surface area contributed by atoms with Crippen molar-refractivity contribution in [2.45, 2.75) is 18.7 Å². The van der Waals surface area contributed by atoms with Crippen LogP contribution in [0.4, 0.5) is 0 Å². The highest BCUT2D eigenvalue weighted by Gasteiger charge is 2.33. The van der Waals surface area contributed by atoms with Gasteiger partial charge in [-0.05, 0) is 26.0 Å². The lowest BCUT2D eigenvalue weighted by Gasteiger charge is -2.15. The van der Waals surface area contributed by atoms with Crippen LogP contribution in [0.15, 0.2) is 59.0 Å². The van der Waals surface area contributed by atoms with Crippen LogP contribution in [0, 0.1) is 5.92 Å². The van der Waals surface area contributed by atoms with E-state index in [2.05, 4.69) is 6.08 Å². The summed E-state index contributed by atoms with van der Waals surface area (Å²) in [5, 5.41) is 0. The Balaban J connectivity index is 2.30. The molecule has 0 bridgehead atoms. The fraction of sp³-hybridized carbons (Fsp3) is 0.333. The van der Waals surface area contributed by atoms with Gasteiger partial charge in [-0.3, -0.25) is 0 Å². The van der Waals surface area contributed by atoms with Crippen molar-refractivity contribution >= 4 is 10.0 Å². The summed E-state index contributed by atoms with van der Waals surface area (Å²) in [6.07, 6.45) is 6.06. The molecule has 0 amide bonds. The van der Waals surface area contributed by atoms with Crippen LogP contribution in [0.1, 0.15) is 13.8 Å². The van der Waals surface area contributed by atoms with Gasteiger partial charge in [0.15, 0.2) is 0 Å². The minimum Gasteiger partial charge on any atom is -0.207 e. The Morgan fingerprint density at radius 3 is 2.47 bits per heavy atom. The van der Waals surface area contributed by atoms with Crippen LogP contribution in [0.3, 0.4) is 0 Å². The van der Waals surface area contributed by atoms with Gasteiger partial charge in [0.25, 0.3) is 0 Å². The molecular weight excluding hydrogens is 258 g/mol. The second kappa shape index (κ2) is 5.72. The van der Waals surface area contributed by atoms with Gasteiger partial charge in [-0.15, -0.1) is 0 Å². The molecular formula is C15H19NO2S. The van der Waals surface area contributed by atoms with E-state index in [9.17, 15) is 8.42 Å². The van der Waals surface area contributed by atoms with Crippen molar-refractivity contribution in [2.24, 2.45) is 5.92 Å². The van der Waals surface area contributed by atoms with Crippen molar-refractivity contribution in [3.05, 3.63) is 54.1 Å². The zero-order valence-corrected chi connectivity index (χ0v) is 12.1. The summed E-state index contributed by atoms with van der Waals surface area (Å²) in [7, 11) is -3.37. The normalized spacial score (nSPS) is 23.5. The Morgan fingerprint density at radius 2 is 1.89 bits per heavy atom. The number of hydrogen-bond donors (Lipinski definition) is 0. The summed E-state index contributed by atoms with van der Waals surface area (Å²) < 4.78 is 26.6. The highest BCUT2D eigenvalue weighted by atomic mass is 32.2. The summed E-state index contributed by atoms with van der Waals surface area (Å²) in [6.45, 7) is 4.94. The molecule has 1 aliphatic rings. The first kappa shape index (κ1) is 14.0. The van der Waals surface area contributed by atoms with Crippen molar-refractivity contribution in [3.63, 3.8) is 0 Å². The zero-order chi connectivity index (χ0) is 13.9. The molecule has 4 heteroatoms. The molecule has 2 rings (SSSR count). The summed E-state index contributed by atoms with van der Waals surface area (Å²) in [4.78, 5) is 0.367. The standard InChI is InChI=1S/C15H19NO2S/c1-3-8-14-12-16(11-13(14)4-2)19(17,18)15-9-6-5-7-10-15/h3-10,14H,11-12H2,1-2H3/b8-3+,13-4-/t14-/m0/s1. The van der Waals surface area contributed by atoms with E-state index in [-0.39, 0.29) is 5.92 Å². The SMILES string of the molecule is C/C=C/[C@H]1CN(S(=O)(=O)c2ccccc2)C/C1=C/C. The molecule has 0 radical (unpaired) electrons. The molecule has 1 fully saturated rings. The summed E-state index contributed by atoms with van der Waals surface area (Å²) in [5.74, 6) is 0.202. The monoisotopic (exact) mass is 277 g/mol. The molecule has 0 unspecified atom stereocenters. The molecule has 1 heterocycles.